The van der Waals surface area contributed by atoms with Gasteiger partial charge in [-0.2, -0.15) is 0 Å². The van der Waals surface area contributed by atoms with Gasteiger partial charge in [0.25, 0.3) is 0 Å². The Balaban J connectivity index is 2.01. The van der Waals surface area contributed by atoms with Gasteiger partial charge in [-0.1, -0.05) is 25.0 Å². The van der Waals surface area contributed by atoms with E-state index in [2.05, 4.69) is 5.32 Å². The number of rotatable bonds is 2. The standard InChI is InChI=1S/C16H20N2O3/c1-12(19)13-7-6-8-14(11-13)17-15(20)16(21)18-9-4-2-3-5-10-18/h6-8,11H,2-5,9-10H2,1H3,(H,17,20). The first kappa shape index (κ1) is 15.2. The molecule has 1 aromatic rings. The van der Waals surface area contributed by atoms with E-state index in [0.717, 1.165) is 25.7 Å². The lowest BCUT2D eigenvalue weighted by Gasteiger charge is -2.19. The summed E-state index contributed by atoms with van der Waals surface area (Å²) < 4.78 is 0. The Morgan fingerprint density at radius 2 is 1.71 bits per heavy atom. The third kappa shape index (κ3) is 4.15. The summed E-state index contributed by atoms with van der Waals surface area (Å²) in [6.45, 7) is 2.74. The van der Waals surface area contributed by atoms with E-state index in [0.29, 0.717) is 24.3 Å². The largest absolute Gasteiger partial charge is 0.334 e. The Morgan fingerprint density at radius 3 is 2.33 bits per heavy atom. The Kier molecular flexibility index (Phi) is 5.09. The molecule has 1 aromatic carbocycles. The first-order valence-corrected chi connectivity index (χ1v) is 7.29. The summed E-state index contributed by atoms with van der Waals surface area (Å²) in [5.41, 5.74) is 0.978. The monoisotopic (exact) mass is 288 g/mol. The third-order valence-corrected chi connectivity index (χ3v) is 3.61. The molecule has 2 amide bonds. The topological polar surface area (TPSA) is 66.5 Å². The normalized spacial score (nSPS) is 15.2. The van der Waals surface area contributed by atoms with Crippen molar-refractivity contribution in [3.63, 3.8) is 0 Å². The number of likely N-dealkylation sites (tertiary alicyclic amines) is 1. The number of hydrogen-bond donors (Lipinski definition) is 1. The van der Waals surface area contributed by atoms with E-state index in [4.69, 9.17) is 0 Å². The Morgan fingerprint density at radius 1 is 1.05 bits per heavy atom. The van der Waals surface area contributed by atoms with E-state index >= 15 is 0 Å². The number of nitrogens with zero attached hydrogens (tertiary/aromatic N) is 1. The lowest BCUT2D eigenvalue weighted by atomic mass is 10.1. The van der Waals surface area contributed by atoms with Crippen molar-refractivity contribution in [2.75, 3.05) is 18.4 Å². The molecule has 0 unspecified atom stereocenters. The van der Waals surface area contributed by atoms with Gasteiger partial charge in [-0.15, -0.1) is 0 Å². The van der Waals surface area contributed by atoms with Crippen LogP contribution in [0.15, 0.2) is 24.3 Å². The Bertz CT molecular complexity index is 546. The summed E-state index contributed by atoms with van der Waals surface area (Å²) in [6, 6.07) is 6.60. The van der Waals surface area contributed by atoms with Crippen molar-refractivity contribution < 1.29 is 14.4 Å². The number of Topliss-reactive ketones (excluding diaryl/α,β-unsaturated/α-hetero) is 1. The second-order valence-corrected chi connectivity index (χ2v) is 5.30. The van der Waals surface area contributed by atoms with Crippen molar-refractivity contribution in [1.82, 2.24) is 4.90 Å². The Hall–Kier alpha value is -2.17. The number of amides is 2. The van der Waals surface area contributed by atoms with Crippen LogP contribution in [0.5, 0.6) is 0 Å². The summed E-state index contributed by atoms with van der Waals surface area (Å²) in [6.07, 6.45) is 4.09. The van der Waals surface area contributed by atoms with E-state index < -0.39 is 11.8 Å². The zero-order valence-electron chi connectivity index (χ0n) is 12.2. The van der Waals surface area contributed by atoms with E-state index in [1.165, 1.54) is 6.92 Å². The number of carbonyl (C=O) groups is 3. The molecular weight excluding hydrogens is 268 g/mol. The van der Waals surface area contributed by atoms with Gasteiger partial charge in [-0.25, -0.2) is 0 Å². The van der Waals surface area contributed by atoms with Crippen LogP contribution in [0, 0.1) is 0 Å². The predicted octanol–water partition coefficient (Wildman–Crippen LogP) is 2.23. The molecule has 0 atom stereocenters. The molecule has 1 fully saturated rings. The van der Waals surface area contributed by atoms with Crippen molar-refractivity contribution >= 4 is 23.3 Å². The lowest BCUT2D eigenvalue weighted by Crippen LogP contribution is -2.40. The maximum Gasteiger partial charge on any atom is 0.313 e. The first-order chi connectivity index (χ1) is 10.1. The molecule has 1 aliphatic rings. The van der Waals surface area contributed by atoms with Crippen molar-refractivity contribution in [3.8, 4) is 0 Å². The average Bonchev–Trinajstić information content (AvgIpc) is 2.75. The van der Waals surface area contributed by atoms with Crippen LogP contribution in [0.25, 0.3) is 0 Å². The van der Waals surface area contributed by atoms with Crippen molar-refractivity contribution in [2.24, 2.45) is 0 Å². The number of carbonyl (C=O) groups excluding carboxylic acids is 3. The van der Waals surface area contributed by atoms with Gasteiger partial charge in [0.15, 0.2) is 5.78 Å². The molecular formula is C16H20N2O3. The molecule has 1 heterocycles. The molecule has 0 bridgehead atoms. The third-order valence-electron chi connectivity index (χ3n) is 3.61. The highest BCUT2D eigenvalue weighted by Gasteiger charge is 2.22. The van der Waals surface area contributed by atoms with Gasteiger partial charge >= 0.3 is 11.8 Å². The molecule has 112 valence electrons. The smallest absolute Gasteiger partial charge is 0.313 e. The maximum absolute atomic E-state index is 12.1. The first-order valence-electron chi connectivity index (χ1n) is 7.29. The fraction of sp³-hybridized carbons (Fsp3) is 0.438. The number of ketones is 1. The molecule has 0 saturated carbocycles. The molecule has 0 aliphatic carbocycles. The van der Waals surface area contributed by atoms with Crippen LogP contribution in [-0.2, 0) is 9.59 Å². The van der Waals surface area contributed by atoms with E-state index in [1.807, 2.05) is 0 Å². The van der Waals surface area contributed by atoms with Gasteiger partial charge in [0.05, 0.1) is 0 Å². The quantitative estimate of drug-likeness (QED) is 0.670. The maximum atomic E-state index is 12.1. The molecule has 2 rings (SSSR count). The molecule has 0 aromatic heterocycles. The van der Waals surface area contributed by atoms with Gasteiger partial charge < -0.3 is 10.2 Å². The fourth-order valence-electron chi connectivity index (χ4n) is 2.42. The van der Waals surface area contributed by atoms with Crippen LogP contribution in [0.2, 0.25) is 0 Å². The molecule has 1 aliphatic heterocycles. The van der Waals surface area contributed by atoms with Gasteiger partial charge in [-0.3, -0.25) is 14.4 Å². The molecule has 5 heteroatoms. The fourth-order valence-corrected chi connectivity index (χ4v) is 2.42. The number of nitrogens with one attached hydrogen (secondary N) is 1. The number of benzene rings is 1. The molecule has 5 nitrogen and oxygen atoms in total. The van der Waals surface area contributed by atoms with Crippen LogP contribution in [0.3, 0.4) is 0 Å². The summed E-state index contributed by atoms with van der Waals surface area (Å²) in [5, 5.41) is 2.57. The number of hydrogen-bond acceptors (Lipinski definition) is 3. The zero-order chi connectivity index (χ0) is 15.2. The lowest BCUT2D eigenvalue weighted by molar-refractivity contribution is -0.143. The second kappa shape index (κ2) is 7.02. The van der Waals surface area contributed by atoms with E-state index in [9.17, 15) is 14.4 Å². The molecule has 21 heavy (non-hydrogen) atoms. The highest BCUT2D eigenvalue weighted by atomic mass is 16.2. The van der Waals surface area contributed by atoms with E-state index in [-0.39, 0.29) is 5.78 Å². The average molecular weight is 288 g/mol. The van der Waals surface area contributed by atoms with Crippen LogP contribution < -0.4 is 5.32 Å². The molecule has 0 spiro atoms. The van der Waals surface area contributed by atoms with Crippen molar-refractivity contribution in [1.29, 1.82) is 0 Å². The van der Waals surface area contributed by atoms with Crippen molar-refractivity contribution in [2.45, 2.75) is 32.6 Å². The molecule has 0 radical (unpaired) electrons. The van der Waals surface area contributed by atoms with Crippen molar-refractivity contribution in [3.05, 3.63) is 29.8 Å². The summed E-state index contributed by atoms with van der Waals surface area (Å²) in [5.74, 6) is -1.22. The van der Waals surface area contributed by atoms with Gasteiger partial charge in [0, 0.05) is 24.3 Å². The van der Waals surface area contributed by atoms with Crippen LogP contribution >= 0.6 is 0 Å². The molecule has 1 saturated heterocycles. The van der Waals surface area contributed by atoms with Crippen LogP contribution in [0.4, 0.5) is 5.69 Å². The zero-order valence-corrected chi connectivity index (χ0v) is 12.2. The van der Waals surface area contributed by atoms with E-state index in [1.54, 1.807) is 29.2 Å². The highest BCUT2D eigenvalue weighted by molar-refractivity contribution is 6.39. The summed E-state index contributed by atoms with van der Waals surface area (Å²) in [7, 11) is 0. The minimum Gasteiger partial charge on any atom is -0.334 e. The minimum absolute atomic E-state index is 0.0788. The predicted molar refractivity (Wildman–Crippen MR) is 80.1 cm³/mol. The SMILES string of the molecule is CC(=O)c1cccc(NC(=O)C(=O)N2CCCCCC2)c1. The Labute approximate surface area is 124 Å². The molecule has 1 N–H and O–H groups in total. The van der Waals surface area contributed by atoms with Gasteiger partial charge in [-0.05, 0) is 31.9 Å². The minimum atomic E-state index is -0.641. The summed E-state index contributed by atoms with van der Waals surface area (Å²) >= 11 is 0. The summed E-state index contributed by atoms with van der Waals surface area (Å²) in [4.78, 5) is 37.1. The highest BCUT2D eigenvalue weighted by Crippen LogP contribution is 2.13. The van der Waals surface area contributed by atoms with Gasteiger partial charge in [0.2, 0.25) is 0 Å². The van der Waals surface area contributed by atoms with Crippen LogP contribution in [0.1, 0.15) is 43.0 Å². The number of anilines is 1. The van der Waals surface area contributed by atoms with Gasteiger partial charge in [0.1, 0.15) is 0 Å². The second-order valence-electron chi connectivity index (χ2n) is 5.30. The van der Waals surface area contributed by atoms with Crippen LogP contribution in [-0.4, -0.2) is 35.6 Å².